The number of rotatable bonds is 1. The van der Waals surface area contributed by atoms with Crippen molar-refractivity contribution >= 4 is 22.8 Å². The van der Waals surface area contributed by atoms with E-state index in [0.717, 1.165) is 11.8 Å². The first kappa shape index (κ1) is 7.34. The highest BCUT2D eigenvalue weighted by Gasteiger charge is 2.32. The molecule has 0 bridgehead atoms. The van der Waals surface area contributed by atoms with Crippen LogP contribution in [0, 0.1) is 5.92 Å². The number of carboxylic acids is 1. The quantitative estimate of drug-likeness (QED) is 0.565. The number of carbonyl (C=O) groups excluding carboxylic acids is 1. The molecule has 0 unspecified atom stereocenters. The predicted octanol–water partition coefficient (Wildman–Crippen LogP) is 0.517. The van der Waals surface area contributed by atoms with E-state index in [0.29, 0.717) is 5.75 Å². The molecular weight excluding hydrogens is 152 g/mol. The second-order valence-corrected chi connectivity index (χ2v) is 3.01. The molecule has 0 aromatic carbocycles. The molecule has 3 nitrogen and oxygen atoms in total. The summed E-state index contributed by atoms with van der Waals surface area (Å²) in [6, 6.07) is 0. The smallest absolute Gasteiger partial charge is 0.311 e. The molecule has 0 amide bonds. The average molecular weight is 158 g/mol. The van der Waals surface area contributed by atoms with Crippen LogP contribution in [0.15, 0.2) is 12.2 Å². The van der Waals surface area contributed by atoms with Crippen LogP contribution >= 0.6 is 11.8 Å². The summed E-state index contributed by atoms with van der Waals surface area (Å²) >= 11 is 1.02. The summed E-state index contributed by atoms with van der Waals surface area (Å²) in [4.78, 5) is 21.0. The maximum absolute atomic E-state index is 10.7. The van der Waals surface area contributed by atoms with Gasteiger partial charge >= 0.3 is 5.97 Å². The van der Waals surface area contributed by atoms with Gasteiger partial charge in [-0.25, -0.2) is 0 Å². The lowest BCUT2D eigenvalue weighted by Gasteiger charge is -1.98. The zero-order valence-corrected chi connectivity index (χ0v) is 5.98. The predicted molar refractivity (Wildman–Crippen MR) is 37.7 cm³/mol. The SMILES string of the molecule is C=C1C(=O)SC[C@H]1C(=O)O. The Hall–Kier alpha value is -0.770. The fourth-order valence-corrected chi connectivity index (χ4v) is 1.70. The monoisotopic (exact) mass is 158 g/mol. The molecule has 1 N–H and O–H groups in total. The van der Waals surface area contributed by atoms with Gasteiger partial charge in [-0.3, -0.25) is 9.59 Å². The normalized spacial score (nSPS) is 25.4. The molecule has 0 aliphatic carbocycles. The zero-order valence-electron chi connectivity index (χ0n) is 5.16. The molecule has 4 heteroatoms. The van der Waals surface area contributed by atoms with Crippen LogP contribution in [0.4, 0.5) is 0 Å². The van der Waals surface area contributed by atoms with Gasteiger partial charge in [-0.05, 0) is 0 Å². The third-order valence-electron chi connectivity index (χ3n) is 1.36. The molecule has 54 valence electrons. The fraction of sp³-hybridized carbons (Fsp3) is 0.333. The molecule has 0 aromatic rings. The Morgan fingerprint density at radius 1 is 1.80 bits per heavy atom. The van der Waals surface area contributed by atoms with Crippen LogP contribution in [0.25, 0.3) is 0 Å². The second-order valence-electron chi connectivity index (χ2n) is 2.01. The number of carbonyl (C=O) groups is 2. The molecular formula is C6H6O3S. The van der Waals surface area contributed by atoms with Gasteiger partial charge in [0, 0.05) is 11.3 Å². The summed E-state index contributed by atoms with van der Waals surface area (Å²) in [7, 11) is 0. The molecule has 1 heterocycles. The van der Waals surface area contributed by atoms with Crippen LogP contribution in [0.3, 0.4) is 0 Å². The van der Waals surface area contributed by atoms with Crippen molar-refractivity contribution in [2.24, 2.45) is 5.92 Å². The van der Waals surface area contributed by atoms with Crippen molar-refractivity contribution < 1.29 is 14.7 Å². The molecule has 1 rings (SSSR count). The van der Waals surface area contributed by atoms with Gasteiger partial charge in [0.15, 0.2) is 0 Å². The minimum atomic E-state index is -0.955. The largest absolute Gasteiger partial charge is 0.481 e. The van der Waals surface area contributed by atoms with Gasteiger partial charge in [0.25, 0.3) is 0 Å². The zero-order chi connectivity index (χ0) is 7.72. The standard InChI is InChI=1S/C6H6O3S/c1-3-4(5(7)8)2-10-6(3)9/h4H,1-2H2,(H,7,8)/t4-/m1/s1. The lowest BCUT2D eigenvalue weighted by molar-refractivity contribution is -0.140. The van der Waals surface area contributed by atoms with E-state index in [4.69, 9.17) is 5.11 Å². The van der Waals surface area contributed by atoms with E-state index in [1.807, 2.05) is 0 Å². The van der Waals surface area contributed by atoms with Crippen LogP contribution in [0.1, 0.15) is 0 Å². The van der Waals surface area contributed by atoms with Crippen molar-refractivity contribution in [3.05, 3.63) is 12.2 Å². The number of hydrogen-bond acceptors (Lipinski definition) is 3. The van der Waals surface area contributed by atoms with Crippen molar-refractivity contribution in [1.29, 1.82) is 0 Å². The number of hydrogen-bond donors (Lipinski definition) is 1. The van der Waals surface area contributed by atoms with E-state index in [2.05, 4.69) is 6.58 Å². The summed E-state index contributed by atoms with van der Waals surface area (Å²) in [5.74, 6) is -1.27. The van der Waals surface area contributed by atoms with Crippen LogP contribution in [-0.4, -0.2) is 21.9 Å². The number of carboxylic acid groups (broad SMARTS) is 1. The first-order valence-electron chi connectivity index (χ1n) is 2.71. The molecule has 1 aliphatic heterocycles. The summed E-state index contributed by atoms with van der Waals surface area (Å²) in [5.41, 5.74) is 0.220. The fourth-order valence-electron chi connectivity index (χ4n) is 0.715. The molecule has 1 saturated heterocycles. The van der Waals surface area contributed by atoms with Gasteiger partial charge in [0.1, 0.15) is 0 Å². The first-order valence-corrected chi connectivity index (χ1v) is 3.70. The Morgan fingerprint density at radius 3 is 2.60 bits per heavy atom. The van der Waals surface area contributed by atoms with E-state index in [-0.39, 0.29) is 10.7 Å². The van der Waals surface area contributed by atoms with Crippen LogP contribution in [-0.2, 0) is 9.59 Å². The lowest BCUT2D eigenvalue weighted by Crippen LogP contribution is -2.14. The Bertz CT molecular complexity index is 209. The molecule has 0 aromatic heterocycles. The molecule has 0 radical (unpaired) electrons. The van der Waals surface area contributed by atoms with Crippen LogP contribution in [0.2, 0.25) is 0 Å². The summed E-state index contributed by atoms with van der Waals surface area (Å²) < 4.78 is 0. The van der Waals surface area contributed by atoms with E-state index in [1.54, 1.807) is 0 Å². The van der Waals surface area contributed by atoms with Gasteiger partial charge in [-0.15, -0.1) is 0 Å². The van der Waals surface area contributed by atoms with Crippen LogP contribution in [0.5, 0.6) is 0 Å². The lowest BCUT2D eigenvalue weighted by atomic mass is 10.1. The van der Waals surface area contributed by atoms with E-state index < -0.39 is 11.9 Å². The maximum atomic E-state index is 10.7. The Morgan fingerprint density at radius 2 is 2.40 bits per heavy atom. The molecule has 1 fully saturated rings. The highest BCUT2D eigenvalue weighted by atomic mass is 32.2. The number of thioether (sulfide) groups is 1. The molecule has 1 atom stereocenters. The molecule has 0 saturated carbocycles. The third kappa shape index (κ3) is 1.07. The van der Waals surface area contributed by atoms with Crippen LogP contribution < -0.4 is 0 Å². The number of aliphatic carboxylic acids is 1. The molecule has 10 heavy (non-hydrogen) atoms. The van der Waals surface area contributed by atoms with Crippen molar-refractivity contribution in [2.45, 2.75) is 0 Å². The van der Waals surface area contributed by atoms with Crippen molar-refractivity contribution in [3.63, 3.8) is 0 Å². The highest BCUT2D eigenvalue weighted by Crippen LogP contribution is 2.29. The van der Waals surface area contributed by atoms with Gasteiger partial charge in [-0.1, -0.05) is 18.3 Å². The third-order valence-corrected chi connectivity index (χ3v) is 2.39. The average Bonchev–Trinajstić information content (AvgIpc) is 2.14. The van der Waals surface area contributed by atoms with Crippen molar-refractivity contribution in [2.75, 3.05) is 5.75 Å². The summed E-state index contributed by atoms with van der Waals surface area (Å²) in [6.07, 6.45) is 0. The maximum Gasteiger partial charge on any atom is 0.311 e. The van der Waals surface area contributed by atoms with E-state index >= 15 is 0 Å². The second kappa shape index (κ2) is 2.46. The van der Waals surface area contributed by atoms with Crippen molar-refractivity contribution in [3.8, 4) is 0 Å². The van der Waals surface area contributed by atoms with E-state index in [9.17, 15) is 9.59 Å². The topological polar surface area (TPSA) is 54.4 Å². The first-order chi connectivity index (χ1) is 4.63. The molecule has 1 aliphatic rings. The molecule has 0 spiro atoms. The summed E-state index contributed by atoms with van der Waals surface area (Å²) in [5, 5.41) is 8.29. The minimum Gasteiger partial charge on any atom is -0.481 e. The van der Waals surface area contributed by atoms with Gasteiger partial charge in [-0.2, -0.15) is 0 Å². The van der Waals surface area contributed by atoms with E-state index in [1.165, 1.54) is 0 Å². The Balaban J connectivity index is 2.76. The Kier molecular flexibility index (Phi) is 1.80. The van der Waals surface area contributed by atoms with Gasteiger partial charge < -0.3 is 5.11 Å². The van der Waals surface area contributed by atoms with Gasteiger partial charge in [0.2, 0.25) is 5.12 Å². The minimum absolute atomic E-state index is 0.188. The highest BCUT2D eigenvalue weighted by molar-refractivity contribution is 8.14. The summed E-state index contributed by atoms with van der Waals surface area (Å²) in [6.45, 7) is 3.39. The van der Waals surface area contributed by atoms with Gasteiger partial charge in [0.05, 0.1) is 5.92 Å². The van der Waals surface area contributed by atoms with Crippen molar-refractivity contribution in [1.82, 2.24) is 0 Å². The Labute approximate surface area is 62.1 Å².